The van der Waals surface area contributed by atoms with Gasteiger partial charge in [-0.3, -0.25) is 0 Å². The van der Waals surface area contributed by atoms with Crippen molar-refractivity contribution in [3.63, 3.8) is 0 Å². The molecule has 1 unspecified atom stereocenters. The van der Waals surface area contributed by atoms with Crippen molar-refractivity contribution in [2.24, 2.45) is 0 Å². The quantitative estimate of drug-likeness (QED) is 0.577. The maximum atomic E-state index is 3.18. The van der Waals surface area contributed by atoms with Crippen LogP contribution in [0.25, 0.3) is 0 Å². The van der Waals surface area contributed by atoms with Gasteiger partial charge in [0.05, 0.1) is 0 Å². The summed E-state index contributed by atoms with van der Waals surface area (Å²) in [6, 6.07) is 0. The summed E-state index contributed by atoms with van der Waals surface area (Å²) in [5, 5.41) is 6.11. The minimum Gasteiger partial charge on any atom is -0.389 e. The summed E-state index contributed by atoms with van der Waals surface area (Å²) in [4.78, 5) is 0. The first-order valence-electron chi connectivity index (χ1n) is 2.97. The average molecular weight is 129 g/mol. The van der Waals surface area contributed by atoms with E-state index in [1.165, 1.54) is 6.42 Å². The highest BCUT2D eigenvalue weighted by Crippen LogP contribution is 2.16. The summed E-state index contributed by atoms with van der Waals surface area (Å²) in [7, 11) is 0. The van der Waals surface area contributed by atoms with Crippen molar-refractivity contribution in [3.05, 3.63) is 11.6 Å². The van der Waals surface area contributed by atoms with Crippen LogP contribution in [0.4, 0.5) is 0 Å². The number of nitrogens with one attached hydrogen (secondary N) is 1. The Hall–Kier alpha value is -0.110. The van der Waals surface area contributed by atoms with Crippen molar-refractivity contribution in [2.45, 2.75) is 18.6 Å². The Morgan fingerprint density at radius 3 is 3.12 bits per heavy atom. The molecule has 8 heavy (non-hydrogen) atoms. The maximum Gasteiger partial charge on any atom is 0.0264 e. The van der Waals surface area contributed by atoms with Crippen LogP contribution in [0.2, 0.25) is 0 Å². The highest BCUT2D eigenvalue weighted by molar-refractivity contribution is 8.02. The summed E-state index contributed by atoms with van der Waals surface area (Å²) in [6.07, 6.45) is 3.28. The lowest BCUT2D eigenvalue weighted by Crippen LogP contribution is -2.21. The number of rotatable bonds is 1. The lowest BCUT2D eigenvalue weighted by Gasteiger charge is -2.15. The van der Waals surface area contributed by atoms with E-state index >= 15 is 0 Å². The smallest absolute Gasteiger partial charge is 0.0264 e. The normalized spacial score (nSPS) is 27.4. The molecule has 1 nitrogen and oxygen atoms in total. The first-order chi connectivity index (χ1) is 3.93. The Kier molecular flexibility index (Phi) is 2.27. The molecule has 0 saturated heterocycles. The molecule has 0 spiro atoms. The molecule has 0 radical (unpaired) electrons. The van der Waals surface area contributed by atoms with Crippen LogP contribution in [-0.4, -0.2) is 11.8 Å². The highest BCUT2D eigenvalue weighted by Gasteiger charge is 2.05. The van der Waals surface area contributed by atoms with E-state index in [0.717, 1.165) is 11.8 Å². The Labute approximate surface area is 54.5 Å². The second-order valence-corrected chi connectivity index (χ2v) is 3.09. The van der Waals surface area contributed by atoms with Crippen LogP contribution in [-0.2, 0) is 0 Å². The molecule has 1 aliphatic heterocycles. The summed E-state index contributed by atoms with van der Waals surface area (Å²) >= 11 is 1.92. The van der Waals surface area contributed by atoms with Crippen LogP contribution in [0.5, 0.6) is 0 Å². The van der Waals surface area contributed by atoms with Crippen molar-refractivity contribution in [3.8, 4) is 0 Å². The minimum absolute atomic E-state index is 0.806. The van der Waals surface area contributed by atoms with Gasteiger partial charge in [0.2, 0.25) is 0 Å². The van der Waals surface area contributed by atoms with Crippen molar-refractivity contribution in [1.29, 1.82) is 0 Å². The zero-order valence-electron chi connectivity index (χ0n) is 5.05. The molecule has 1 rings (SSSR count). The second-order valence-electron chi connectivity index (χ2n) is 1.88. The molecule has 0 bridgehead atoms. The molecule has 0 aromatic rings. The van der Waals surface area contributed by atoms with Gasteiger partial charge in [0.15, 0.2) is 0 Å². The van der Waals surface area contributed by atoms with Crippen LogP contribution >= 0.6 is 11.8 Å². The molecule has 0 amide bonds. The first kappa shape index (κ1) is 6.02. The van der Waals surface area contributed by atoms with Crippen molar-refractivity contribution < 1.29 is 0 Å². The Morgan fingerprint density at radius 2 is 2.75 bits per heavy atom. The highest BCUT2D eigenvalue weighted by atomic mass is 32.2. The van der Waals surface area contributed by atoms with Gasteiger partial charge in [0, 0.05) is 18.0 Å². The number of hydrogen-bond donors (Lipinski definition) is 1. The van der Waals surface area contributed by atoms with Gasteiger partial charge >= 0.3 is 0 Å². The van der Waals surface area contributed by atoms with Gasteiger partial charge in [-0.25, -0.2) is 0 Å². The van der Waals surface area contributed by atoms with E-state index in [-0.39, 0.29) is 0 Å². The van der Waals surface area contributed by atoms with Gasteiger partial charge in [-0.2, -0.15) is 0 Å². The monoisotopic (exact) mass is 129 g/mol. The molecule has 0 aromatic carbocycles. The zero-order valence-corrected chi connectivity index (χ0v) is 5.87. The molecule has 2 heteroatoms. The summed E-state index contributed by atoms with van der Waals surface area (Å²) in [5.41, 5.74) is 0. The van der Waals surface area contributed by atoms with Crippen molar-refractivity contribution >= 4 is 11.8 Å². The van der Waals surface area contributed by atoms with E-state index in [4.69, 9.17) is 0 Å². The third kappa shape index (κ3) is 1.44. The second kappa shape index (κ2) is 3.02. The van der Waals surface area contributed by atoms with Crippen LogP contribution in [0.1, 0.15) is 13.3 Å². The van der Waals surface area contributed by atoms with Crippen molar-refractivity contribution in [2.75, 3.05) is 6.54 Å². The lowest BCUT2D eigenvalue weighted by molar-refractivity contribution is 0.747. The number of hydrogen-bond acceptors (Lipinski definition) is 2. The molecule has 0 aliphatic carbocycles. The SMILES string of the molecule is CCC1CNC=CS1. The standard InChI is InChI=1S/C6H11NS/c1-2-6-5-7-3-4-8-6/h3-4,6-7H,2,5H2,1H3. The molecule has 0 aromatic heterocycles. The number of thioether (sulfide) groups is 1. The van der Waals surface area contributed by atoms with E-state index in [0.29, 0.717) is 0 Å². The molecule has 46 valence electrons. The van der Waals surface area contributed by atoms with E-state index in [9.17, 15) is 0 Å². The van der Waals surface area contributed by atoms with Crippen LogP contribution in [0.3, 0.4) is 0 Å². The summed E-state index contributed by atoms with van der Waals surface area (Å²) in [6.45, 7) is 3.36. The fraction of sp³-hybridized carbons (Fsp3) is 0.667. The summed E-state index contributed by atoms with van der Waals surface area (Å²) in [5.74, 6) is 0. The van der Waals surface area contributed by atoms with Crippen LogP contribution in [0.15, 0.2) is 11.6 Å². The van der Waals surface area contributed by atoms with Crippen molar-refractivity contribution in [1.82, 2.24) is 5.32 Å². The van der Waals surface area contributed by atoms with Gasteiger partial charge in [-0.05, 0) is 11.8 Å². The molecule has 1 heterocycles. The molecule has 0 saturated carbocycles. The molecular formula is C6H11NS. The molecule has 1 N–H and O–H groups in total. The molecular weight excluding hydrogens is 118 g/mol. The Bertz CT molecular complexity index is 90.5. The van der Waals surface area contributed by atoms with E-state index < -0.39 is 0 Å². The summed E-state index contributed by atoms with van der Waals surface area (Å²) < 4.78 is 0. The predicted molar refractivity (Wildman–Crippen MR) is 38.8 cm³/mol. The van der Waals surface area contributed by atoms with Crippen LogP contribution < -0.4 is 5.32 Å². The first-order valence-corrected chi connectivity index (χ1v) is 3.91. The van der Waals surface area contributed by atoms with Gasteiger partial charge in [-0.15, -0.1) is 11.8 Å². The largest absolute Gasteiger partial charge is 0.389 e. The average Bonchev–Trinajstić information content (AvgIpc) is 1.90. The maximum absolute atomic E-state index is 3.18. The molecule has 0 fully saturated rings. The van der Waals surface area contributed by atoms with E-state index in [2.05, 4.69) is 17.6 Å². The fourth-order valence-electron chi connectivity index (χ4n) is 0.687. The third-order valence-corrected chi connectivity index (χ3v) is 2.44. The topological polar surface area (TPSA) is 12.0 Å². The molecule has 1 aliphatic rings. The zero-order chi connectivity index (χ0) is 5.82. The van der Waals surface area contributed by atoms with E-state index in [1.807, 2.05) is 18.0 Å². The van der Waals surface area contributed by atoms with E-state index in [1.54, 1.807) is 0 Å². The molecule has 1 atom stereocenters. The van der Waals surface area contributed by atoms with Crippen LogP contribution in [0, 0.1) is 0 Å². The van der Waals surface area contributed by atoms with Gasteiger partial charge < -0.3 is 5.32 Å². The lowest BCUT2D eigenvalue weighted by atomic mass is 10.3. The van der Waals surface area contributed by atoms with Gasteiger partial charge in [-0.1, -0.05) is 6.92 Å². The Morgan fingerprint density at radius 1 is 1.88 bits per heavy atom. The van der Waals surface area contributed by atoms with Gasteiger partial charge in [0.1, 0.15) is 0 Å². The minimum atomic E-state index is 0.806. The third-order valence-electron chi connectivity index (χ3n) is 1.26. The fourth-order valence-corrected chi connectivity index (χ4v) is 1.47. The Balaban J connectivity index is 2.27. The predicted octanol–water partition coefficient (Wildman–Crippen LogP) is 1.57. The van der Waals surface area contributed by atoms with Gasteiger partial charge in [0.25, 0.3) is 0 Å².